The predicted molar refractivity (Wildman–Crippen MR) is 41.5 cm³/mol. The van der Waals surface area contributed by atoms with Crippen LogP contribution in [-0.4, -0.2) is 16.4 Å². The molecule has 1 aromatic heterocycles. The maximum Gasteiger partial charge on any atom is 0.212 e. The number of halogens is 1. The lowest BCUT2D eigenvalue weighted by atomic mass is 10.5. The van der Waals surface area contributed by atoms with Gasteiger partial charge >= 0.3 is 0 Å². The average Bonchev–Trinajstić information content (AvgIpc) is 1.85. The summed E-state index contributed by atoms with van der Waals surface area (Å²) in [5.74, 6) is 0.944. The van der Waals surface area contributed by atoms with E-state index in [-0.39, 0.29) is 0 Å². The maximum absolute atomic E-state index is 9.98. The molecule has 0 bridgehead atoms. The Balaban J connectivity index is 2.98. The highest BCUT2D eigenvalue weighted by Gasteiger charge is 1.96. The number of hydrogen-bond donors (Lipinski definition) is 1. The van der Waals surface area contributed by atoms with Gasteiger partial charge in [-0.25, -0.2) is 9.97 Å². The van der Waals surface area contributed by atoms with Crippen LogP contribution in [0.4, 0.5) is 5.82 Å². The van der Waals surface area contributed by atoms with Gasteiger partial charge in [0.25, 0.3) is 0 Å². The Kier molecular flexibility index (Phi) is 2.38. The lowest BCUT2D eigenvalue weighted by molar-refractivity contribution is -0.105. The number of carbonyl (C=O) groups excluding carboxylic acids is 1. The molecule has 4 nitrogen and oxygen atoms in total. The molecule has 0 aromatic carbocycles. The SMILES string of the molecule is Cc1nc(Cl)cc(NC=O)n1. The topological polar surface area (TPSA) is 54.9 Å². The molecule has 1 rings (SSSR count). The maximum atomic E-state index is 9.98. The van der Waals surface area contributed by atoms with Gasteiger partial charge in [0.1, 0.15) is 16.8 Å². The van der Waals surface area contributed by atoms with Crippen LogP contribution >= 0.6 is 11.6 Å². The van der Waals surface area contributed by atoms with Crippen LogP contribution in [0.15, 0.2) is 6.07 Å². The summed E-state index contributed by atoms with van der Waals surface area (Å²) in [6.45, 7) is 1.70. The van der Waals surface area contributed by atoms with Gasteiger partial charge < -0.3 is 5.32 Å². The van der Waals surface area contributed by atoms with E-state index in [1.54, 1.807) is 6.92 Å². The fourth-order valence-corrected chi connectivity index (χ4v) is 0.891. The highest BCUT2D eigenvalue weighted by molar-refractivity contribution is 6.29. The zero-order valence-corrected chi connectivity index (χ0v) is 6.59. The van der Waals surface area contributed by atoms with Crippen LogP contribution in [0.5, 0.6) is 0 Å². The van der Waals surface area contributed by atoms with Crippen molar-refractivity contribution in [1.82, 2.24) is 9.97 Å². The van der Waals surface area contributed by atoms with E-state index in [0.29, 0.717) is 23.2 Å². The van der Waals surface area contributed by atoms with Crippen molar-refractivity contribution in [3.63, 3.8) is 0 Å². The van der Waals surface area contributed by atoms with Gasteiger partial charge in [0.15, 0.2) is 0 Å². The molecular weight excluding hydrogens is 166 g/mol. The Bertz CT molecular complexity index is 256. The van der Waals surface area contributed by atoms with Crippen LogP contribution in [0.1, 0.15) is 5.82 Å². The summed E-state index contributed by atoms with van der Waals surface area (Å²) in [4.78, 5) is 17.7. The molecule has 5 heteroatoms. The van der Waals surface area contributed by atoms with Crippen LogP contribution in [0.25, 0.3) is 0 Å². The summed E-state index contributed by atoms with van der Waals surface area (Å²) in [6.07, 6.45) is 0.540. The van der Waals surface area contributed by atoms with Crippen molar-refractivity contribution in [1.29, 1.82) is 0 Å². The predicted octanol–water partition coefficient (Wildman–Crippen LogP) is 1.01. The summed E-state index contributed by atoms with van der Waals surface area (Å²) in [6, 6.07) is 1.48. The molecule has 1 heterocycles. The largest absolute Gasteiger partial charge is 0.313 e. The molecule has 0 saturated carbocycles. The number of hydrogen-bond acceptors (Lipinski definition) is 3. The molecule has 0 radical (unpaired) electrons. The second-order valence-electron chi connectivity index (χ2n) is 1.89. The fourth-order valence-electron chi connectivity index (χ4n) is 0.666. The molecule has 1 amide bonds. The minimum absolute atomic E-state index is 0.321. The average molecular weight is 172 g/mol. The van der Waals surface area contributed by atoms with Crippen LogP contribution in [0.2, 0.25) is 5.15 Å². The second-order valence-corrected chi connectivity index (χ2v) is 2.27. The number of carbonyl (C=O) groups is 1. The van der Waals surface area contributed by atoms with E-state index in [1.807, 2.05) is 0 Å². The van der Waals surface area contributed by atoms with E-state index in [4.69, 9.17) is 11.6 Å². The van der Waals surface area contributed by atoms with Gasteiger partial charge in [-0.15, -0.1) is 0 Å². The first-order chi connectivity index (χ1) is 5.22. The first-order valence-corrected chi connectivity index (χ1v) is 3.31. The minimum Gasteiger partial charge on any atom is -0.313 e. The van der Waals surface area contributed by atoms with Crippen LogP contribution < -0.4 is 5.32 Å². The van der Waals surface area contributed by atoms with E-state index in [1.165, 1.54) is 6.07 Å². The van der Waals surface area contributed by atoms with Gasteiger partial charge in [-0.3, -0.25) is 4.79 Å². The highest BCUT2D eigenvalue weighted by atomic mass is 35.5. The van der Waals surface area contributed by atoms with Crippen molar-refractivity contribution >= 4 is 23.8 Å². The summed E-state index contributed by atoms with van der Waals surface area (Å²) in [5.41, 5.74) is 0. The molecule has 0 aliphatic rings. The molecule has 0 atom stereocenters. The van der Waals surface area contributed by atoms with Crippen molar-refractivity contribution in [2.45, 2.75) is 6.92 Å². The number of nitrogens with one attached hydrogen (secondary N) is 1. The Morgan fingerprint density at radius 3 is 2.91 bits per heavy atom. The van der Waals surface area contributed by atoms with E-state index in [9.17, 15) is 4.79 Å². The number of nitrogens with zero attached hydrogens (tertiary/aromatic N) is 2. The number of anilines is 1. The second kappa shape index (κ2) is 3.30. The molecule has 11 heavy (non-hydrogen) atoms. The molecule has 0 spiro atoms. The van der Waals surface area contributed by atoms with E-state index >= 15 is 0 Å². The van der Waals surface area contributed by atoms with Gasteiger partial charge in [0.05, 0.1) is 0 Å². The van der Waals surface area contributed by atoms with Gasteiger partial charge in [-0.05, 0) is 6.92 Å². The molecule has 0 unspecified atom stereocenters. The van der Waals surface area contributed by atoms with E-state index in [0.717, 1.165) is 0 Å². The first kappa shape index (κ1) is 7.94. The summed E-state index contributed by atoms with van der Waals surface area (Å²) in [5, 5.41) is 2.69. The third-order valence-electron chi connectivity index (χ3n) is 1.01. The summed E-state index contributed by atoms with van der Waals surface area (Å²) in [7, 11) is 0. The molecule has 58 valence electrons. The summed E-state index contributed by atoms with van der Waals surface area (Å²) >= 11 is 5.58. The zero-order chi connectivity index (χ0) is 8.27. The van der Waals surface area contributed by atoms with Crippen molar-refractivity contribution < 1.29 is 4.79 Å². The smallest absolute Gasteiger partial charge is 0.212 e. The normalized spacial score (nSPS) is 9.27. The van der Waals surface area contributed by atoms with Crippen LogP contribution in [0.3, 0.4) is 0 Å². The number of aromatic nitrogens is 2. The Morgan fingerprint density at radius 2 is 2.36 bits per heavy atom. The fraction of sp³-hybridized carbons (Fsp3) is 0.167. The molecular formula is C6H6ClN3O. The highest BCUT2D eigenvalue weighted by Crippen LogP contribution is 2.09. The van der Waals surface area contributed by atoms with Crippen LogP contribution in [-0.2, 0) is 4.79 Å². The minimum atomic E-state index is 0.321. The van der Waals surface area contributed by atoms with Gasteiger partial charge in [-0.1, -0.05) is 11.6 Å². The lowest BCUT2D eigenvalue weighted by Crippen LogP contribution is -1.99. The van der Waals surface area contributed by atoms with Gasteiger partial charge in [0.2, 0.25) is 6.41 Å². The van der Waals surface area contributed by atoms with Crippen molar-refractivity contribution in [2.24, 2.45) is 0 Å². The number of amides is 1. The third-order valence-corrected chi connectivity index (χ3v) is 1.21. The Hall–Kier alpha value is -1.16. The zero-order valence-electron chi connectivity index (χ0n) is 5.84. The van der Waals surface area contributed by atoms with Crippen molar-refractivity contribution in [2.75, 3.05) is 5.32 Å². The monoisotopic (exact) mass is 171 g/mol. The van der Waals surface area contributed by atoms with E-state index < -0.39 is 0 Å². The van der Waals surface area contributed by atoms with E-state index in [2.05, 4.69) is 15.3 Å². The van der Waals surface area contributed by atoms with Gasteiger partial charge in [0, 0.05) is 6.07 Å². The first-order valence-electron chi connectivity index (χ1n) is 2.94. The molecule has 0 aliphatic carbocycles. The Morgan fingerprint density at radius 1 is 1.64 bits per heavy atom. The number of rotatable bonds is 2. The quantitative estimate of drug-likeness (QED) is 0.534. The molecule has 0 saturated heterocycles. The standard InChI is InChI=1S/C6H6ClN3O/c1-4-9-5(7)2-6(10-4)8-3-11/h2-3H,1H3,(H,8,9,10,11). The molecule has 1 N–H and O–H groups in total. The molecule has 1 aromatic rings. The van der Waals surface area contributed by atoms with Crippen molar-refractivity contribution in [3.05, 3.63) is 17.0 Å². The summed E-state index contributed by atoms with van der Waals surface area (Å²) < 4.78 is 0. The lowest BCUT2D eigenvalue weighted by Gasteiger charge is -1.98. The molecule has 0 aliphatic heterocycles. The third kappa shape index (κ3) is 2.16. The van der Waals surface area contributed by atoms with Crippen LogP contribution in [0, 0.1) is 6.92 Å². The number of aryl methyl sites for hydroxylation is 1. The molecule has 0 fully saturated rings. The van der Waals surface area contributed by atoms with Crippen molar-refractivity contribution in [3.8, 4) is 0 Å². The van der Waals surface area contributed by atoms with Gasteiger partial charge in [-0.2, -0.15) is 0 Å². The Labute approximate surface area is 68.6 Å².